The molecule has 5 rings (SSSR count). The Morgan fingerprint density at radius 3 is 2.83 bits per heavy atom. The predicted molar refractivity (Wildman–Crippen MR) is 115 cm³/mol. The molecule has 146 valence electrons. The molecule has 0 bridgehead atoms. The molecule has 2 heterocycles. The number of para-hydroxylation sites is 1. The normalized spacial score (nSPS) is 20.2. The Bertz CT molecular complexity index is 1130. The third-order valence-electron chi connectivity index (χ3n) is 5.75. The summed E-state index contributed by atoms with van der Waals surface area (Å²) in [4.78, 5) is 31.5. The zero-order valence-electron chi connectivity index (χ0n) is 16.0. The molecule has 1 saturated carbocycles. The number of fused-ring (bicyclic) bond motifs is 2. The van der Waals surface area contributed by atoms with Crippen LogP contribution < -0.4 is 0 Å². The van der Waals surface area contributed by atoms with Crippen LogP contribution in [0.2, 0.25) is 0 Å². The van der Waals surface area contributed by atoms with Crippen molar-refractivity contribution in [3.63, 3.8) is 0 Å². The molecule has 0 N–H and O–H groups in total. The molecule has 2 aliphatic rings. The Morgan fingerprint density at radius 2 is 2.00 bits per heavy atom. The summed E-state index contributed by atoms with van der Waals surface area (Å²) in [5.41, 5.74) is 4.35. The average Bonchev–Trinajstić information content (AvgIpc) is 3.38. The first-order valence-corrected chi connectivity index (χ1v) is 11.0. The first-order valence-electron chi connectivity index (χ1n) is 10.1. The number of thiophene rings is 1. The third-order valence-corrected chi connectivity index (χ3v) is 6.57. The molecule has 0 aliphatic heterocycles. The summed E-state index contributed by atoms with van der Waals surface area (Å²) in [5, 5.41) is 2.86. The van der Waals surface area contributed by atoms with Gasteiger partial charge in [0.1, 0.15) is 0 Å². The van der Waals surface area contributed by atoms with Gasteiger partial charge in [-0.05, 0) is 66.8 Å². The van der Waals surface area contributed by atoms with Gasteiger partial charge >= 0.3 is 5.97 Å². The van der Waals surface area contributed by atoms with Gasteiger partial charge in [0, 0.05) is 16.7 Å². The average molecular weight is 404 g/mol. The molecule has 0 amide bonds. The lowest BCUT2D eigenvalue weighted by Gasteiger charge is -2.21. The van der Waals surface area contributed by atoms with Crippen LogP contribution in [0.3, 0.4) is 0 Å². The van der Waals surface area contributed by atoms with Crippen molar-refractivity contribution in [2.45, 2.75) is 44.6 Å². The second kappa shape index (κ2) is 7.56. The van der Waals surface area contributed by atoms with Crippen molar-refractivity contribution >= 4 is 45.6 Å². The van der Waals surface area contributed by atoms with E-state index in [9.17, 15) is 9.59 Å². The van der Waals surface area contributed by atoms with Crippen LogP contribution in [-0.2, 0) is 16.0 Å². The van der Waals surface area contributed by atoms with Gasteiger partial charge in [-0.15, -0.1) is 11.3 Å². The molecule has 0 radical (unpaired) electrons. The quantitative estimate of drug-likeness (QED) is 0.546. The largest absolute Gasteiger partial charge is 0.451 e. The van der Waals surface area contributed by atoms with Gasteiger partial charge in [-0.1, -0.05) is 24.3 Å². The van der Waals surface area contributed by atoms with Crippen molar-refractivity contribution in [2.75, 3.05) is 0 Å². The molecule has 3 aromatic rings. The van der Waals surface area contributed by atoms with E-state index in [4.69, 9.17) is 9.72 Å². The number of esters is 1. The number of ketones is 1. The molecule has 1 fully saturated rings. The van der Waals surface area contributed by atoms with Gasteiger partial charge in [-0.3, -0.25) is 4.79 Å². The highest BCUT2D eigenvalue weighted by Crippen LogP contribution is 2.38. The minimum atomic E-state index is -0.610. The fourth-order valence-electron chi connectivity index (χ4n) is 4.32. The second-order valence-electron chi connectivity index (χ2n) is 7.62. The number of hydrogen-bond acceptors (Lipinski definition) is 5. The zero-order valence-corrected chi connectivity index (χ0v) is 16.8. The minimum absolute atomic E-state index is 0.0397. The highest BCUT2D eigenvalue weighted by atomic mass is 32.1. The number of Topliss-reactive ketones (excluding diaryl/α,β-unsaturated/α-hetero) is 1. The number of ether oxygens (including phenoxy) is 1. The van der Waals surface area contributed by atoms with Crippen LogP contribution >= 0.6 is 11.3 Å². The van der Waals surface area contributed by atoms with E-state index in [0.717, 1.165) is 53.4 Å². The predicted octanol–water partition coefficient (Wildman–Crippen LogP) is 5.45. The standard InChI is InChI=1S/C24H21NO3S/c26-20-9-3-4-10-21(20)28-24(27)22-17-7-1-2-8-19(17)25-23-15(11-12-18(22)23)14-16-6-5-13-29-16/h1-2,5-8,13-14,21H,3-4,9-12H2/b15-14+/t21-/m0/s1. The van der Waals surface area contributed by atoms with Gasteiger partial charge in [0.25, 0.3) is 0 Å². The molecule has 1 atom stereocenters. The first-order chi connectivity index (χ1) is 14.2. The van der Waals surface area contributed by atoms with Crippen LogP contribution in [0, 0.1) is 0 Å². The number of nitrogens with zero attached hydrogens (tertiary/aromatic N) is 1. The Kier molecular flexibility index (Phi) is 4.76. The van der Waals surface area contributed by atoms with E-state index in [-0.39, 0.29) is 5.78 Å². The molecule has 4 nitrogen and oxygen atoms in total. The van der Waals surface area contributed by atoms with E-state index in [1.165, 1.54) is 4.88 Å². The van der Waals surface area contributed by atoms with Crippen LogP contribution in [0.25, 0.3) is 22.6 Å². The van der Waals surface area contributed by atoms with Gasteiger partial charge in [0.2, 0.25) is 0 Å². The van der Waals surface area contributed by atoms with E-state index in [1.54, 1.807) is 11.3 Å². The van der Waals surface area contributed by atoms with Gasteiger partial charge in [0.15, 0.2) is 11.9 Å². The highest BCUT2D eigenvalue weighted by Gasteiger charge is 2.31. The summed E-state index contributed by atoms with van der Waals surface area (Å²) >= 11 is 1.69. The number of hydrogen-bond donors (Lipinski definition) is 0. The van der Waals surface area contributed by atoms with Gasteiger partial charge in [-0.25, -0.2) is 9.78 Å². The maximum atomic E-state index is 13.2. The molecule has 2 aromatic heterocycles. The van der Waals surface area contributed by atoms with Crippen molar-refractivity contribution in [1.82, 2.24) is 4.98 Å². The Morgan fingerprint density at radius 1 is 1.10 bits per heavy atom. The summed E-state index contributed by atoms with van der Waals surface area (Å²) in [6.45, 7) is 0. The van der Waals surface area contributed by atoms with Crippen LogP contribution in [0.5, 0.6) is 0 Å². The first kappa shape index (κ1) is 18.3. The van der Waals surface area contributed by atoms with Crippen LogP contribution in [0.1, 0.15) is 58.6 Å². The van der Waals surface area contributed by atoms with Crippen molar-refractivity contribution in [2.24, 2.45) is 0 Å². The number of allylic oxidation sites excluding steroid dienone is 1. The summed E-state index contributed by atoms with van der Waals surface area (Å²) in [7, 11) is 0. The monoisotopic (exact) mass is 403 g/mol. The molecular formula is C24H21NO3S. The smallest absolute Gasteiger partial charge is 0.339 e. The maximum absolute atomic E-state index is 13.2. The van der Waals surface area contributed by atoms with Crippen molar-refractivity contribution in [3.8, 4) is 0 Å². The molecule has 1 aromatic carbocycles. The van der Waals surface area contributed by atoms with Crippen LogP contribution in [0.15, 0.2) is 41.8 Å². The maximum Gasteiger partial charge on any atom is 0.339 e. The van der Waals surface area contributed by atoms with E-state index in [1.807, 2.05) is 30.3 Å². The SMILES string of the molecule is O=C(O[C@H]1CCCCC1=O)c1c2c(nc3ccccc13)/C(=C/c1cccs1)CC2. The fourth-order valence-corrected chi connectivity index (χ4v) is 5.00. The molecule has 2 aliphatic carbocycles. The topological polar surface area (TPSA) is 56.3 Å². The van der Waals surface area contributed by atoms with Gasteiger partial charge in [0.05, 0.1) is 16.8 Å². The molecular weight excluding hydrogens is 382 g/mol. The molecule has 0 spiro atoms. The van der Waals surface area contributed by atoms with Gasteiger partial charge in [-0.2, -0.15) is 0 Å². The Balaban J connectivity index is 1.59. The number of rotatable bonds is 3. The summed E-state index contributed by atoms with van der Waals surface area (Å²) < 4.78 is 5.73. The molecule has 29 heavy (non-hydrogen) atoms. The molecule has 0 saturated heterocycles. The lowest BCUT2D eigenvalue weighted by Crippen LogP contribution is -2.30. The molecule has 5 heteroatoms. The summed E-state index contributed by atoms with van der Waals surface area (Å²) in [5.74, 6) is -0.352. The van der Waals surface area contributed by atoms with E-state index in [2.05, 4.69) is 17.5 Å². The van der Waals surface area contributed by atoms with Crippen LogP contribution in [-0.4, -0.2) is 22.8 Å². The summed E-state index contributed by atoms with van der Waals surface area (Å²) in [6.07, 6.45) is 6.09. The lowest BCUT2D eigenvalue weighted by molar-refractivity contribution is -0.129. The Hall–Kier alpha value is -2.79. The van der Waals surface area contributed by atoms with Crippen LogP contribution in [0.4, 0.5) is 0 Å². The van der Waals surface area contributed by atoms with E-state index < -0.39 is 12.1 Å². The number of carbonyl (C=O) groups excluding carboxylic acids is 2. The minimum Gasteiger partial charge on any atom is -0.451 e. The van der Waals surface area contributed by atoms with Gasteiger partial charge < -0.3 is 4.74 Å². The summed E-state index contributed by atoms with van der Waals surface area (Å²) in [6, 6.07) is 11.8. The van der Waals surface area contributed by atoms with E-state index >= 15 is 0 Å². The highest BCUT2D eigenvalue weighted by molar-refractivity contribution is 7.10. The number of aromatic nitrogens is 1. The second-order valence-corrected chi connectivity index (χ2v) is 8.60. The zero-order chi connectivity index (χ0) is 19.8. The van der Waals surface area contributed by atoms with Crippen molar-refractivity contribution < 1.29 is 14.3 Å². The van der Waals surface area contributed by atoms with Crippen molar-refractivity contribution in [1.29, 1.82) is 0 Å². The lowest BCUT2D eigenvalue weighted by atomic mass is 9.96. The number of benzene rings is 1. The Labute approximate surface area is 173 Å². The number of carbonyl (C=O) groups is 2. The third kappa shape index (κ3) is 3.40. The van der Waals surface area contributed by atoms with E-state index in [0.29, 0.717) is 18.4 Å². The molecule has 0 unspecified atom stereocenters. The van der Waals surface area contributed by atoms with Crippen molar-refractivity contribution in [3.05, 3.63) is 63.5 Å². The fraction of sp³-hybridized carbons (Fsp3) is 0.292. The number of pyridine rings is 1.